The summed E-state index contributed by atoms with van der Waals surface area (Å²) in [6.07, 6.45) is -1.11. The average molecular weight is 449 g/mol. The lowest BCUT2D eigenvalue weighted by molar-refractivity contribution is -0.137. The Morgan fingerprint density at radius 3 is 2.06 bits per heavy atom. The maximum Gasteiger partial charge on any atom is 0.416 e. The molecule has 0 bridgehead atoms. The van der Waals surface area contributed by atoms with Crippen LogP contribution in [0, 0.1) is 13.8 Å². The minimum atomic E-state index is -4.63. The van der Waals surface area contributed by atoms with Gasteiger partial charge in [0.15, 0.2) is 0 Å². The molecule has 31 heavy (non-hydrogen) atoms. The van der Waals surface area contributed by atoms with Gasteiger partial charge in [-0.25, -0.2) is 13.1 Å². The van der Waals surface area contributed by atoms with E-state index in [2.05, 4.69) is 9.71 Å². The Bertz CT molecular complexity index is 1200. The summed E-state index contributed by atoms with van der Waals surface area (Å²) in [4.78, 5) is 3.74. The van der Waals surface area contributed by atoms with E-state index < -0.39 is 32.2 Å². The predicted octanol–water partition coefficient (Wildman–Crippen LogP) is 5.60. The first kappa shape index (κ1) is 23.0. The van der Waals surface area contributed by atoms with E-state index in [1.54, 1.807) is 32.3 Å². The highest BCUT2D eigenvalue weighted by atomic mass is 32.2. The SMILES string of the molecule is Cc1cncc(C)c1-c1cccc(C(C)(C)NS(=O)(=O)c2cccc(C(F)(F)F)c2)c1. The zero-order chi connectivity index (χ0) is 23.0. The molecule has 0 saturated heterocycles. The molecule has 0 fully saturated rings. The van der Waals surface area contributed by atoms with Crippen LogP contribution < -0.4 is 4.72 Å². The van der Waals surface area contributed by atoms with Gasteiger partial charge in [-0.15, -0.1) is 0 Å². The summed E-state index contributed by atoms with van der Waals surface area (Å²) in [6.45, 7) is 7.24. The molecule has 1 N–H and O–H groups in total. The van der Waals surface area contributed by atoms with Crippen molar-refractivity contribution < 1.29 is 21.6 Å². The lowest BCUT2D eigenvalue weighted by atomic mass is 9.90. The Balaban J connectivity index is 1.98. The normalized spacial score (nSPS) is 12.7. The molecule has 0 spiro atoms. The third-order valence-electron chi connectivity index (χ3n) is 5.06. The van der Waals surface area contributed by atoms with E-state index in [1.165, 1.54) is 0 Å². The molecule has 8 heteroatoms. The van der Waals surface area contributed by atoms with Crippen LogP contribution in [0.5, 0.6) is 0 Å². The van der Waals surface area contributed by atoms with Crippen molar-refractivity contribution in [2.45, 2.75) is 44.3 Å². The van der Waals surface area contributed by atoms with Crippen molar-refractivity contribution in [3.8, 4) is 11.1 Å². The van der Waals surface area contributed by atoms with Gasteiger partial charge in [-0.2, -0.15) is 13.2 Å². The van der Waals surface area contributed by atoms with Crippen LogP contribution in [0.1, 0.15) is 36.1 Å². The summed E-state index contributed by atoms with van der Waals surface area (Å²) in [5.74, 6) is 0. The summed E-state index contributed by atoms with van der Waals surface area (Å²) in [7, 11) is -4.20. The second kappa shape index (κ2) is 8.09. The van der Waals surface area contributed by atoms with Gasteiger partial charge in [0.05, 0.1) is 16.0 Å². The molecule has 4 nitrogen and oxygen atoms in total. The fourth-order valence-corrected chi connectivity index (χ4v) is 4.96. The molecule has 3 rings (SSSR count). The summed E-state index contributed by atoms with van der Waals surface area (Å²) in [5, 5.41) is 0. The molecule has 0 aliphatic rings. The van der Waals surface area contributed by atoms with Crippen molar-refractivity contribution in [3.05, 3.63) is 83.2 Å². The minimum Gasteiger partial charge on any atom is -0.264 e. The molecular formula is C23H23F3N2O2S. The minimum absolute atomic E-state index is 0.438. The molecule has 0 aliphatic heterocycles. The number of nitrogens with zero attached hydrogens (tertiary/aromatic N) is 1. The van der Waals surface area contributed by atoms with Gasteiger partial charge in [-0.3, -0.25) is 4.98 Å². The highest BCUT2D eigenvalue weighted by Crippen LogP contribution is 2.33. The van der Waals surface area contributed by atoms with E-state index in [1.807, 2.05) is 32.0 Å². The number of aryl methyl sites for hydroxylation is 2. The number of hydrogen-bond acceptors (Lipinski definition) is 3. The average Bonchev–Trinajstić information content (AvgIpc) is 2.67. The Morgan fingerprint density at radius 1 is 0.871 bits per heavy atom. The van der Waals surface area contributed by atoms with Gasteiger partial charge in [-0.1, -0.05) is 24.3 Å². The highest BCUT2D eigenvalue weighted by molar-refractivity contribution is 7.89. The number of benzene rings is 2. The first-order valence-electron chi connectivity index (χ1n) is 9.55. The molecule has 0 saturated carbocycles. The molecule has 0 atom stereocenters. The number of nitrogens with one attached hydrogen (secondary N) is 1. The van der Waals surface area contributed by atoms with Crippen molar-refractivity contribution in [2.75, 3.05) is 0 Å². The van der Waals surface area contributed by atoms with Crippen LogP contribution in [0.3, 0.4) is 0 Å². The molecule has 3 aromatic rings. The Hall–Kier alpha value is -2.71. The number of alkyl halides is 3. The Labute approximate surface area is 180 Å². The zero-order valence-electron chi connectivity index (χ0n) is 17.6. The second-order valence-electron chi connectivity index (χ2n) is 7.99. The molecule has 0 unspecified atom stereocenters. The maximum atomic E-state index is 13.0. The molecule has 0 aliphatic carbocycles. The highest BCUT2D eigenvalue weighted by Gasteiger charge is 2.33. The van der Waals surface area contributed by atoms with E-state index in [0.717, 1.165) is 40.5 Å². The fourth-order valence-electron chi connectivity index (χ4n) is 3.51. The van der Waals surface area contributed by atoms with E-state index >= 15 is 0 Å². The lowest BCUT2D eigenvalue weighted by Gasteiger charge is -2.27. The van der Waals surface area contributed by atoms with Gasteiger partial charge >= 0.3 is 6.18 Å². The zero-order valence-corrected chi connectivity index (χ0v) is 18.4. The monoisotopic (exact) mass is 448 g/mol. The van der Waals surface area contributed by atoms with Crippen molar-refractivity contribution in [1.82, 2.24) is 9.71 Å². The van der Waals surface area contributed by atoms with Gasteiger partial charge < -0.3 is 0 Å². The molecular weight excluding hydrogens is 425 g/mol. The van der Waals surface area contributed by atoms with Crippen LogP contribution in [0.15, 0.2) is 65.8 Å². The largest absolute Gasteiger partial charge is 0.416 e. The molecule has 1 heterocycles. The third-order valence-corrected chi connectivity index (χ3v) is 6.71. The van der Waals surface area contributed by atoms with E-state index in [4.69, 9.17) is 0 Å². The molecule has 0 radical (unpaired) electrons. The first-order chi connectivity index (χ1) is 14.3. The Morgan fingerprint density at radius 2 is 1.45 bits per heavy atom. The van der Waals surface area contributed by atoms with Crippen molar-refractivity contribution in [3.63, 3.8) is 0 Å². The number of rotatable bonds is 5. The van der Waals surface area contributed by atoms with Crippen LogP contribution in [0.4, 0.5) is 13.2 Å². The molecule has 164 valence electrons. The van der Waals surface area contributed by atoms with Crippen molar-refractivity contribution in [1.29, 1.82) is 0 Å². The van der Waals surface area contributed by atoms with Gasteiger partial charge in [0.25, 0.3) is 0 Å². The van der Waals surface area contributed by atoms with E-state index in [0.29, 0.717) is 11.6 Å². The van der Waals surface area contributed by atoms with E-state index in [9.17, 15) is 21.6 Å². The maximum absolute atomic E-state index is 13.0. The van der Waals surface area contributed by atoms with Gasteiger partial charge in [0, 0.05) is 12.4 Å². The predicted molar refractivity (Wildman–Crippen MR) is 114 cm³/mol. The fraction of sp³-hybridized carbons (Fsp3) is 0.261. The van der Waals surface area contributed by atoms with Crippen molar-refractivity contribution in [2.24, 2.45) is 0 Å². The second-order valence-corrected chi connectivity index (χ2v) is 9.67. The molecule has 2 aromatic carbocycles. The topological polar surface area (TPSA) is 59.1 Å². The van der Waals surface area contributed by atoms with Crippen LogP contribution in [-0.4, -0.2) is 13.4 Å². The van der Waals surface area contributed by atoms with Crippen molar-refractivity contribution >= 4 is 10.0 Å². The summed E-state index contributed by atoms with van der Waals surface area (Å²) < 4.78 is 67.3. The van der Waals surface area contributed by atoms with Gasteiger partial charge in [-0.05, 0) is 79.8 Å². The number of hydrogen-bond donors (Lipinski definition) is 1. The quantitative estimate of drug-likeness (QED) is 0.553. The lowest BCUT2D eigenvalue weighted by Crippen LogP contribution is -2.41. The van der Waals surface area contributed by atoms with Gasteiger partial charge in [0.2, 0.25) is 10.0 Å². The van der Waals surface area contributed by atoms with Crippen LogP contribution >= 0.6 is 0 Å². The van der Waals surface area contributed by atoms with Crippen LogP contribution in [-0.2, 0) is 21.7 Å². The van der Waals surface area contributed by atoms with Crippen LogP contribution in [0.2, 0.25) is 0 Å². The van der Waals surface area contributed by atoms with Crippen LogP contribution in [0.25, 0.3) is 11.1 Å². The number of aromatic nitrogens is 1. The summed E-state index contributed by atoms with van der Waals surface area (Å²) in [6, 6.07) is 11.1. The van der Waals surface area contributed by atoms with E-state index in [-0.39, 0.29) is 0 Å². The number of pyridine rings is 1. The number of sulfonamides is 1. The summed E-state index contributed by atoms with van der Waals surface area (Å²) >= 11 is 0. The first-order valence-corrected chi connectivity index (χ1v) is 11.0. The standard InChI is InChI=1S/C23H23F3N2O2S/c1-15-13-27-14-16(2)21(15)17-7-5-8-18(11-17)22(3,4)28-31(29,30)20-10-6-9-19(12-20)23(24,25)26/h5-14,28H,1-4H3. The Kier molecular flexibility index (Phi) is 5.99. The summed E-state index contributed by atoms with van der Waals surface area (Å²) in [5.41, 5.74) is 2.47. The molecule has 1 aromatic heterocycles. The third kappa shape index (κ3) is 4.97. The molecule has 0 amide bonds. The number of halogens is 3. The van der Waals surface area contributed by atoms with Gasteiger partial charge in [0.1, 0.15) is 0 Å². The smallest absolute Gasteiger partial charge is 0.264 e.